The molecule has 5 bridgehead atoms. The molecule has 4 aliphatic carbocycles. The molecule has 3 heterocycles. The molecular formula is C21H31NO2. The molecule has 3 aliphatic heterocycles. The first-order chi connectivity index (χ1) is 11.8. The predicted octanol–water partition coefficient (Wildman–Crippen LogP) is 4.25. The Labute approximate surface area is 145 Å². The van der Waals surface area contributed by atoms with Crippen molar-refractivity contribution in [2.45, 2.75) is 101 Å². The topological polar surface area (TPSA) is 29.5 Å². The number of carbonyl (C=O) groups excluding carboxylic acids is 1. The van der Waals surface area contributed by atoms with Crippen molar-refractivity contribution in [1.82, 2.24) is 4.90 Å². The van der Waals surface area contributed by atoms with E-state index in [1.54, 1.807) is 0 Å². The average molecular weight is 329 g/mol. The maximum Gasteiger partial charge on any atom is 0.212 e. The normalized spacial score (nSPS) is 57.9. The summed E-state index contributed by atoms with van der Waals surface area (Å²) in [5, 5.41) is 0. The predicted molar refractivity (Wildman–Crippen MR) is 91.2 cm³/mol. The summed E-state index contributed by atoms with van der Waals surface area (Å²) >= 11 is 0. The van der Waals surface area contributed by atoms with Gasteiger partial charge in [-0.25, -0.2) is 0 Å². The van der Waals surface area contributed by atoms with Crippen LogP contribution in [0.5, 0.6) is 0 Å². The number of ether oxygens (including phenoxy) is 1. The van der Waals surface area contributed by atoms with Crippen molar-refractivity contribution in [3.63, 3.8) is 0 Å². The highest BCUT2D eigenvalue weighted by atomic mass is 16.6. The van der Waals surface area contributed by atoms with Gasteiger partial charge in [-0.15, -0.1) is 0 Å². The summed E-state index contributed by atoms with van der Waals surface area (Å²) in [6, 6.07) is 0.501. The van der Waals surface area contributed by atoms with Crippen LogP contribution in [0.4, 0.5) is 0 Å². The molecule has 3 heteroatoms. The van der Waals surface area contributed by atoms with Crippen LogP contribution in [0.1, 0.15) is 83.5 Å². The van der Waals surface area contributed by atoms with Gasteiger partial charge in [-0.05, 0) is 69.6 Å². The molecule has 0 N–H and O–H groups in total. The van der Waals surface area contributed by atoms with Gasteiger partial charge < -0.3 is 9.64 Å². The third kappa shape index (κ3) is 1.38. The van der Waals surface area contributed by atoms with Gasteiger partial charge in [0, 0.05) is 17.4 Å². The Kier molecular flexibility index (Phi) is 2.78. The van der Waals surface area contributed by atoms with E-state index in [1.165, 1.54) is 83.5 Å². The fourth-order valence-electron chi connectivity index (χ4n) is 8.95. The van der Waals surface area contributed by atoms with Crippen LogP contribution in [0.25, 0.3) is 0 Å². The highest BCUT2D eigenvalue weighted by Gasteiger charge is 2.78. The van der Waals surface area contributed by atoms with E-state index in [2.05, 4.69) is 4.90 Å². The van der Waals surface area contributed by atoms with Crippen LogP contribution >= 0.6 is 0 Å². The molecule has 24 heavy (non-hydrogen) atoms. The van der Waals surface area contributed by atoms with Crippen molar-refractivity contribution >= 4 is 6.41 Å². The number of nitrogens with zero attached hydrogens (tertiary/aromatic N) is 1. The van der Waals surface area contributed by atoms with Crippen molar-refractivity contribution in [2.24, 2.45) is 23.2 Å². The van der Waals surface area contributed by atoms with E-state index in [9.17, 15) is 4.79 Å². The molecular weight excluding hydrogens is 298 g/mol. The first kappa shape index (κ1) is 14.6. The summed E-state index contributed by atoms with van der Waals surface area (Å²) in [7, 11) is 0. The Bertz CT molecular complexity index is 578. The summed E-state index contributed by atoms with van der Waals surface area (Å²) < 4.78 is 7.31. The molecule has 7 fully saturated rings. The second kappa shape index (κ2) is 4.58. The van der Waals surface area contributed by atoms with E-state index in [0.717, 1.165) is 18.3 Å². The van der Waals surface area contributed by atoms with Crippen molar-refractivity contribution in [3.8, 4) is 0 Å². The SMILES string of the molecule is O=CN1[C@H]2[C@@H]3CCC[C@]24CC2CCCC[C@@]21O[C@]41CCCCC1C3. The molecule has 0 aromatic heterocycles. The maximum absolute atomic E-state index is 12.3. The first-order valence-electron chi connectivity index (χ1n) is 10.7. The summed E-state index contributed by atoms with van der Waals surface area (Å²) in [5.41, 5.74) is 0.197. The number of amides is 1. The molecule has 132 valence electrons. The van der Waals surface area contributed by atoms with E-state index in [0.29, 0.717) is 17.4 Å². The fourth-order valence-corrected chi connectivity index (χ4v) is 8.95. The lowest BCUT2D eigenvalue weighted by Crippen LogP contribution is -2.86. The molecule has 7 atom stereocenters. The third-order valence-corrected chi connectivity index (χ3v) is 9.45. The molecule has 3 saturated heterocycles. The smallest absolute Gasteiger partial charge is 0.212 e. The Hall–Kier alpha value is -0.570. The fraction of sp³-hybridized carbons (Fsp3) is 0.952. The van der Waals surface area contributed by atoms with Crippen molar-refractivity contribution in [1.29, 1.82) is 0 Å². The molecule has 1 amide bonds. The summed E-state index contributed by atoms with van der Waals surface area (Å²) in [4.78, 5) is 14.6. The zero-order valence-corrected chi connectivity index (χ0v) is 14.8. The summed E-state index contributed by atoms with van der Waals surface area (Å²) in [5.74, 6) is 2.14. The minimum absolute atomic E-state index is 0.125. The summed E-state index contributed by atoms with van der Waals surface area (Å²) in [6.07, 6.45) is 18.3. The van der Waals surface area contributed by atoms with Gasteiger partial charge >= 0.3 is 0 Å². The number of piperidine rings is 1. The Morgan fingerprint density at radius 2 is 1.75 bits per heavy atom. The third-order valence-electron chi connectivity index (χ3n) is 9.45. The molecule has 0 aromatic carbocycles. The minimum atomic E-state index is -0.224. The number of hydrogen-bond donors (Lipinski definition) is 0. The van der Waals surface area contributed by atoms with Crippen LogP contribution in [-0.4, -0.2) is 28.7 Å². The van der Waals surface area contributed by atoms with Crippen molar-refractivity contribution in [2.75, 3.05) is 0 Å². The quantitative estimate of drug-likeness (QED) is 0.673. The second-order valence-electron chi connectivity index (χ2n) is 9.93. The monoisotopic (exact) mass is 329 g/mol. The lowest BCUT2D eigenvalue weighted by atomic mass is 9.39. The highest BCUT2D eigenvalue weighted by Crippen LogP contribution is 2.74. The maximum atomic E-state index is 12.3. The van der Waals surface area contributed by atoms with Crippen LogP contribution in [0.3, 0.4) is 0 Å². The average Bonchev–Trinajstić information content (AvgIpc) is 2.60. The lowest BCUT2D eigenvalue weighted by molar-refractivity contribution is -0.432. The van der Waals surface area contributed by atoms with E-state index in [-0.39, 0.29) is 11.3 Å². The first-order valence-corrected chi connectivity index (χ1v) is 10.7. The van der Waals surface area contributed by atoms with Gasteiger partial charge in [0.05, 0.1) is 5.60 Å². The minimum Gasteiger partial charge on any atom is -0.348 e. The van der Waals surface area contributed by atoms with Gasteiger partial charge in [0.2, 0.25) is 6.41 Å². The lowest BCUT2D eigenvalue weighted by Gasteiger charge is -2.80. The molecule has 7 rings (SSSR count). The zero-order chi connectivity index (χ0) is 16.0. The molecule has 7 aliphatic rings. The zero-order valence-electron chi connectivity index (χ0n) is 14.8. The van der Waals surface area contributed by atoms with Crippen LogP contribution < -0.4 is 0 Å². The largest absolute Gasteiger partial charge is 0.348 e. The van der Waals surface area contributed by atoms with Gasteiger partial charge in [-0.1, -0.05) is 25.7 Å². The second-order valence-corrected chi connectivity index (χ2v) is 9.93. The van der Waals surface area contributed by atoms with E-state index >= 15 is 0 Å². The van der Waals surface area contributed by atoms with Gasteiger partial charge in [0.15, 0.2) is 0 Å². The van der Waals surface area contributed by atoms with Crippen molar-refractivity contribution < 1.29 is 9.53 Å². The van der Waals surface area contributed by atoms with Gasteiger partial charge in [0.1, 0.15) is 5.72 Å². The number of hydrogen-bond acceptors (Lipinski definition) is 2. The molecule has 3 spiro atoms. The van der Waals surface area contributed by atoms with Gasteiger partial charge in [-0.3, -0.25) is 4.79 Å². The number of rotatable bonds is 1. The van der Waals surface area contributed by atoms with Gasteiger partial charge in [-0.2, -0.15) is 0 Å². The van der Waals surface area contributed by atoms with Crippen LogP contribution in [0.2, 0.25) is 0 Å². The Morgan fingerprint density at radius 1 is 0.917 bits per heavy atom. The number of carbonyl (C=O) groups is 1. The molecule has 0 aromatic rings. The van der Waals surface area contributed by atoms with Crippen LogP contribution in [0, 0.1) is 23.2 Å². The van der Waals surface area contributed by atoms with Gasteiger partial charge in [0.25, 0.3) is 0 Å². The molecule has 4 saturated carbocycles. The molecule has 0 radical (unpaired) electrons. The van der Waals surface area contributed by atoms with E-state index in [4.69, 9.17) is 4.74 Å². The summed E-state index contributed by atoms with van der Waals surface area (Å²) in [6.45, 7) is 0. The van der Waals surface area contributed by atoms with Crippen LogP contribution in [0.15, 0.2) is 0 Å². The highest BCUT2D eigenvalue weighted by molar-refractivity contribution is 5.53. The Balaban J connectivity index is 1.58. The van der Waals surface area contributed by atoms with Crippen molar-refractivity contribution in [3.05, 3.63) is 0 Å². The molecule has 2 unspecified atom stereocenters. The molecule has 3 nitrogen and oxygen atoms in total. The van der Waals surface area contributed by atoms with E-state index < -0.39 is 0 Å². The van der Waals surface area contributed by atoms with E-state index in [1.807, 2.05) is 0 Å². The standard InChI is InChI=1S/C21H31NO2/c23-14-22-18-15-6-5-9-19(18)13-17-8-2-4-11-21(17,22)24-20(19)10-3-1-7-16(20)12-15/h14-18H,1-13H2/t15-,16?,17?,18+,19+,20+,21-/m1/s1. The Morgan fingerprint density at radius 3 is 2.62 bits per heavy atom. The van der Waals surface area contributed by atoms with Crippen LogP contribution in [-0.2, 0) is 9.53 Å².